The Morgan fingerprint density at radius 3 is 2.25 bits per heavy atom. The summed E-state index contributed by atoms with van der Waals surface area (Å²) < 4.78 is 27.8. The van der Waals surface area contributed by atoms with E-state index >= 15 is 0 Å². The van der Waals surface area contributed by atoms with Crippen LogP contribution in [0.2, 0.25) is 0 Å². The van der Waals surface area contributed by atoms with Gasteiger partial charge in [-0.15, -0.1) is 10.2 Å². The van der Waals surface area contributed by atoms with Crippen molar-refractivity contribution in [1.29, 1.82) is 0 Å². The standard InChI is InChI=1S/C23H28N4O3S2/c1-5-6-20-26-27-22(31-20)25-21(28)17-9-7-16(8-10-17)15-24-32(29,30)19-13-11-18(12-14-19)23(2,3)4/h7-14,24H,5-6,15H2,1-4H3,(H,25,27,28). The Bertz CT molecular complexity index is 1160. The number of aryl methyl sites for hydroxylation is 1. The fourth-order valence-corrected chi connectivity index (χ4v) is 4.81. The Kier molecular flexibility index (Phi) is 7.43. The largest absolute Gasteiger partial charge is 0.296 e. The summed E-state index contributed by atoms with van der Waals surface area (Å²) in [5.41, 5.74) is 2.23. The predicted molar refractivity (Wildman–Crippen MR) is 127 cm³/mol. The number of amides is 1. The number of benzene rings is 2. The van der Waals surface area contributed by atoms with Gasteiger partial charge in [-0.2, -0.15) is 0 Å². The summed E-state index contributed by atoms with van der Waals surface area (Å²) in [5, 5.41) is 12.1. The molecular formula is C23H28N4O3S2. The SMILES string of the molecule is CCCc1nnc(NC(=O)c2ccc(CNS(=O)(=O)c3ccc(C(C)(C)C)cc3)cc2)s1. The molecule has 0 fully saturated rings. The van der Waals surface area contributed by atoms with Gasteiger partial charge in [0.05, 0.1) is 4.90 Å². The van der Waals surface area contributed by atoms with Crippen LogP contribution in [0, 0.1) is 0 Å². The van der Waals surface area contributed by atoms with Gasteiger partial charge in [-0.1, -0.05) is 63.3 Å². The molecule has 170 valence electrons. The van der Waals surface area contributed by atoms with Gasteiger partial charge in [0.25, 0.3) is 5.91 Å². The minimum atomic E-state index is -3.63. The maximum absolute atomic E-state index is 12.6. The third kappa shape index (κ3) is 6.21. The van der Waals surface area contributed by atoms with Gasteiger partial charge >= 0.3 is 0 Å². The second-order valence-electron chi connectivity index (χ2n) is 8.50. The van der Waals surface area contributed by atoms with E-state index in [0.29, 0.717) is 10.7 Å². The van der Waals surface area contributed by atoms with Gasteiger partial charge in [-0.3, -0.25) is 10.1 Å². The molecule has 0 aliphatic heterocycles. The highest BCUT2D eigenvalue weighted by Gasteiger charge is 2.17. The second kappa shape index (κ2) is 9.89. The molecule has 1 aromatic heterocycles. The van der Waals surface area contributed by atoms with Crippen molar-refractivity contribution in [3.8, 4) is 0 Å². The van der Waals surface area contributed by atoms with E-state index in [9.17, 15) is 13.2 Å². The van der Waals surface area contributed by atoms with Crippen molar-refractivity contribution < 1.29 is 13.2 Å². The molecule has 3 aromatic rings. The van der Waals surface area contributed by atoms with Crippen molar-refractivity contribution in [2.75, 3.05) is 5.32 Å². The number of hydrogen-bond donors (Lipinski definition) is 2. The third-order valence-corrected chi connectivity index (χ3v) is 7.18. The molecule has 7 nitrogen and oxygen atoms in total. The molecule has 0 aliphatic rings. The van der Waals surface area contributed by atoms with E-state index in [4.69, 9.17) is 0 Å². The zero-order chi connectivity index (χ0) is 23.4. The van der Waals surface area contributed by atoms with E-state index in [2.05, 4.69) is 47.9 Å². The van der Waals surface area contributed by atoms with Crippen LogP contribution in [0.15, 0.2) is 53.4 Å². The number of anilines is 1. The molecule has 3 rings (SSSR count). The molecule has 0 saturated carbocycles. The number of carbonyl (C=O) groups is 1. The van der Waals surface area contributed by atoms with Gasteiger partial charge in [0.1, 0.15) is 5.01 Å². The Morgan fingerprint density at radius 2 is 1.66 bits per heavy atom. The van der Waals surface area contributed by atoms with Crippen LogP contribution in [-0.4, -0.2) is 24.5 Å². The van der Waals surface area contributed by atoms with Crippen LogP contribution in [0.3, 0.4) is 0 Å². The molecule has 9 heteroatoms. The van der Waals surface area contributed by atoms with Gasteiger partial charge in [0, 0.05) is 18.5 Å². The lowest BCUT2D eigenvalue weighted by Crippen LogP contribution is -2.23. The first kappa shape index (κ1) is 24.0. The summed E-state index contributed by atoms with van der Waals surface area (Å²) in [4.78, 5) is 12.6. The third-order valence-electron chi connectivity index (χ3n) is 4.86. The van der Waals surface area contributed by atoms with Crippen molar-refractivity contribution >= 4 is 32.4 Å². The zero-order valence-electron chi connectivity index (χ0n) is 18.7. The van der Waals surface area contributed by atoms with Crippen LogP contribution < -0.4 is 10.0 Å². The second-order valence-corrected chi connectivity index (χ2v) is 11.3. The number of hydrogen-bond acceptors (Lipinski definition) is 6. The van der Waals surface area contributed by atoms with E-state index in [1.54, 1.807) is 36.4 Å². The predicted octanol–water partition coefficient (Wildman–Crippen LogP) is 4.52. The number of sulfonamides is 1. The normalized spacial score (nSPS) is 12.0. The molecular weight excluding hydrogens is 444 g/mol. The van der Waals surface area contributed by atoms with Crippen molar-refractivity contribution in [2.45, 2.75) is 57.4 Å². The molecule has 0 spiro atoms. The molecule has 0 unspecified atom stereocenters. The van der Waals surface area contributed by atoms with Gasteiger partial charge in [0.15, 0.2) is 0 Å². The lowest BCUT2D eigenvalue weighted by Gasteiger charge is -2.19. The highest BCUT2D eigenvalue weighted by atomic mass is 32.2. The van der Waals surface area contributed by atoms with Crippen LogP contribution in [0.1, 0.15) is 60.6 Å². The van der Waals surface area contributed by atoms with E-state index in [1.807, 2.05) is 12.1 Å². The van der Waals surface area contributed by atoms with E-state index in [1.165, 1.54) is 11.3 Å². The number of nitrogens with one attached hydrogen (secondary N) is 2. The lowest BCUT2D eigenvalue weighted by atomic mass is 9.87. The quantitative estimate of drug-likeness (QED) is 0.502. The van der Waals surface area contributed by atoms with Gasteiger partial charge in [-0.25, -0.2) is 13.1 Å². The molecule has 2 aromatic carbocycles. The molecule has 2 N–H and O–H groups in total. The molecule has 32 heavy (non-hydrogen) atoms. The molecule has 0 bridgehead atoms. The number of nitrogens with zero attached hydrogens (tertiary/aromatic N) is 2. The number of rotatable bonds is 8. The highest BCUT2D eigenvalue weighted by molar-refractivity contribution is 7.89. The summed E-state index contributed by atoms with van der Waals surface area (Å²) in [7, 11) is -3.63. The summed E-state index contributed by atoms with van der Waals surface area (Å²) in [6, 6.07) is 13.7. The van der Waals surface area contributed by atoms with Crippen LogP contribution in [-0.2, 0) is 28.4 Å². The number of carbonyl (C=O) groups excluding carboxylic acids is 1. The zero-order valence-corrected chi connectivity index (χ0v) is 20.3. The van der Waals surface area contributed by atoms with Crippen LogP contribution in [0.25, 0.3) is 0 Å². The molecule has 0 saturated heterocycles. The Hall–Kier alpha value is -2.62. The molecule has 0 radical (unpaired) electrons. The summed E-state index contributed by atoms with van der Waals surface area (Å²) in [6.07, 6.45) is 1.80. The fraction of sp³-hybridized carbons (Fsp3) is 0.348. The molecule has 0 atom stereocenters. The monoisotopic (exact) mass is 472 g/mol. The highest BCUT2D eigenvalue weighted by Crippen LogP contribution is 2.23. The smallest absolute Gasteiger partial charge is 0.257 e. The van der Waals surface area contributed by atoms with E-state index < -0.39 is 10.0 Å². The van der Waals surface area contributed by atoms with Gasteiger partial charge in [-0.05, 0) is 47.2 Å². The average Bonchev–Trinajstić information content (AvgIpc) is 3.19. The van der Waals surface area contributed by atoms with Crippen LogP contribution >= 0.6 is 11.3 Å². The molecule has 1 heterocycles. The minimum absolute atomic E-state index is 0.0440. The van der Waals surface area contributed by atoms with Crippen LogP contribution in [0.5, 0.6) is 0 Å². The Balaban J connectivity index is 1.59. The molecule has 0 aliphatic carbocycles. The summed E-state index contributed by atoms with van der Waals surface area (Å²) in [5.74, 6) is -0.282. The molecule has 1 amide bonds. The van der Waals surface area contributed by atoms with Crippen molar-refractivity contribution in [2.24, 2.45) is 0 Å². The minimum Gasteiger partial charge on any atom is -0.296 e. The van der Waals surface area contributed by atoms with Crippen LogP contribution in [0.4, 0.5) is 5.13 Å². The van der Waals surface area contributed by atoms with Crippen molar-refractivity contribution in [1.82, 2.24) is 14.9 Å². The maximum atomic E-state index is 12.6. The van der Waals surface area contributed by atoms with E-state index in [-0.39, 0.29) is 22.8 Å². The fourth-order valence-electron chi connectivity index (χ4n) is 2.96. The average molecular weight is 473 g/mol. The van der Waals surface area contributed by atoms with Gasteiger partial charge in [0.2, 0.25) is 15.2 Å². The lowest BCUT2D eigenvalue weighted by molar-refractivity contribution is 0.102. The van der Waals surface area contributed by atoms with E-state index in [0.717, 1.165) is 29.0 Å². The first-order valence-corrected chi connectivity index (χ1v) is 12.7. The van der Waals surface area contributed by atoms with Gasteiger partial charge < -0.3 is 0 Å². The maximum Gasteiger partial charge on any atom is 0.257 e. The Morgan fingerprint density at radius 1 is 1.00 bits per heavy atom. The Labute approximate surface area is 193 Å². The first-order valence-electron chi connectivity index (χ1n) is 10.4. The summed E-state index contributed by atoms with van der Waals surface area (Å²) >= 11 is 1.36. The first-order chi connectivity index (χ1) is 15.1. The van der Waals surface area contributed by atoms with Crippen molar-refractivity contribution in [3.63, 3.8) is 0 Å². The van der Waals surface area contributed by atoms with Crippen molar-refractivity contribution in [3.05, 3.63) is 70.2 Å². The topological polar surface area (TPSA) is 101 Å². The summed E-state index contributed by atoms with van der Waals surface area (Å²) in [6.45, 7) is 8.43. The number of aromatic nitrogens is 2.